The van der Waals surface area contributed by atoms with E-state index in [1.165, 1.54) is 4.31 Å². The van der Waals surface area contributed by atoms with Crippen LogP contribution >= 0.6 is 15.9 Å². The molecule has 0 aliphatic carbocycles. The maximum atomic E-state index is 12.6. The number of benzene rings is 2. The summed E-state index contributed by atoms with van der Waals surface area (Å²) in [4.78, 5) is 12.7. The molecule has 2 aromatic rings. The van der Waals surface area contributed by atoms with Gasteiger partial charge in [-0.15, -0.1) is 0 Å². The van der Waals surface area contributed by atoms with Crippen molar-refractivity contribution in [2.45, 2.75) is 17.7 Å². The summed E-state index contributed by atoms with van der Waals surface area (Å²) < 4.78 is 27.6. The molecule has 0 saturated carbocycles. The third-order valence-electron chi connectivity index (χ3n) is 4.32. The zero-order valence-electron chi connectivity index (χ0n) is 13.6. The van der Waals surface area contributed by atoms with Gasteiger partial charge in [0.1, 0.15) is 0 Å². The molecule has 1 aliphatic heterocycles. The van der Waals surface area contributed by atoms with Crippen LogP contribution in [-0.2, 0) is 14.8 Å². The van der Waals surface area contributed by atoms with E-state index in [-0.39, 0.29) is 11.8 Å². The SMILES string of the molecule is O=C(Nc1ccc(Br)cc1)C1CCN(S(=O)(=O)c2ccccc2)CC1. The summed E-state index contributed by atoms with van der Waals surface area (Å²) in [5.41, 5.74) is 0.743. The number of sulfonamides is 1. The standard InChI is InChI=1S/C18H19BrN2O3S/c19-15-6-8-16(9-7-15)20-18(22)14-10-12-21(13-11-14)25(23,24)17-4-2-1-3-5-17/h1-9,14H,10-13H2,(H,20,22). The van der Waals surface area contributed by atoms with Gasteiger partial charge in [0.15, 0.2) is 0 Å². The Balaban J connectivity index is 1.60. The molecule has 5 nitrogen and oxygen atoms in total. The van der Waals surface area contributed by atoms with Crippen molar-refractivity contribution in [3.8, 4) is 0 Å². The Bertz CT molecular complexity index is 830. The van der Waals surface area contributed by atoms with Crippen LogP contribution in [0, 0.1) is 5.92 Å². The van der Waals surface area contributed by atoms with E-state index in [0.29, 0.717) is 30.8 Å². The van der Waals surface area contributed by atoms with Crippen LogP contribution in [0.15, 0.2) is 64.0 Å². The highest BCUT2D eigenvalue weighted by Gasteiger charge is 2.31. The Morgan fingerprint density at radius 3 is 2.20 bits per heavy atom. The maximum Gasteiger partial charge on any atom is 0.243 e. The zero-order valence-corrected chi connectivity index (χ0v) is 16.0. The van der Waals surface area contributed by atoms with E-state index in [1.54, 1.807) is 30.3 Å². The topological polar surface area (TPSA) is 66.5 Å². The quantitative estimate of drug-likeness (QED) is 0.819. The Kier molecular flexibility index (Phi) is 5.56. The van der Waals surface area contributed by atoms with Gasteiger partial charge in [0.2, 0.25) is 15.9 Å². The van der Waals surface area contributed by atoms with Crippen molar-refractivity contribution >= 4 is 37.5 Å². The fourth-order valence-corrected chi connectivity index (χ4v) is 4.63. The molecule has 7 heteroatoms. The summed E-state index contributed by atoms with van der Waals surface area (Å²) >= 11 is 3.36. The minimum absolute atomic E-state index is 0.0564. The molecule has 0 bridgehead atoms. The first-order valence-corrected chi connectivity index (χ1v) is 10.3. The number of hydrogen-bond donors (Lipinski definition) is 1. The van der Waals surface area contributed by atoms with Crippen LogP contribution in [0.2, 0.25) is 0 Å². The minimum Gasteiger partial charge on any atom is -0.326 e. The van der Waals surface area contributed by atoms with Crippen molar-refractivity contribution in [2.75, 3.05) is 18.4 Å². The van der Waals surface area contributed by atoms with Crippen LogP contribution in [0.3, 0.4) is 0 Å². The number of halogens is 1. The van der Waals surface area contributed by atoms with Gasteiger partial charge in [-0.2, -0.15) is 4.31 Å². The van der Waals surface area contributed by atoms with Gasteiger partial charge in [0, 0.05) is 29.2 Å². The average Bonchev–Trinajstić information content (AvgIpc) is 2.64. The lowest BCUT2D eigenvalue weighted by molar-refractivity contribution is -0.120. The first-order chi connectivity index (χ1) is 12.0. The molecule has 2 aromatic carbocycles. The Hall–Kier alpha value is -1.70. The molecule has 3 rings (SSSR count). The van der Waals surface area contributed by atoms with E-state index < -0.39 is 10.0 Å². The number of carbonyl (C=O) groups is 1. The summed E-state index contributed by atoms with van der Waals surface area (Å²) in [5, 5.41) is 2.90. The third kappa shape index (κ3) is 4.29. The van der Waals surface area contributed by atoms with Gasteiger partial charge in [-0.05, 0) is 49.2 Å². The number of nitrogens with zero attached hydrogens (tertiary/aromatic N) is 1. The predicted octanol–water partition coefficient (Wildman–Crippen LogP) is 3.49. The Morgan fingerprint density at radius 1 is 1.00 bits per heavy atom. The van der Waals surface area contributed by atoms with Crippen LogP contribution < -0.4 is 5.32 Å². The normalized spacial score (nSPS) is 16.5. The molecule has 0 radical (unpaired) electrons. The second-order valence-corrected chi connectivity index (χ2v) is 8.84. The van der Waals surface area contributed by atoms with Crippen LogP contribution in [0.1, 0.15) is 12.8 Å². The first-order valence-electron chi connectivity index (χ1n) is 8.08. The minimum atomic E-state index is -3.48. The molecule has 25 heavy (non-hydrogen) atoms. The lowest BCUT2D eigenvalue weighted by atomic mass is 9.97. The summed E-state index contributed by atoms with van der Waals surface area (Å²) in [7, 11) is -3.48. The second kappa shape index (κ2) is 7.68. The van der Waals surface area contributed by atoms with Crippen molar-refractivity contribution in [1.29, 1.82) is 0 Å². The van der Waals surface area contributed by atoms with Crippen molar-refractivity contribution in [3.05, 3.63) is 59.1 Å². The van der Waals surface area contributed by atoms with Gasteiger partial charge in [0.05, 0.1) is 4.90 Å². The van der Waals surface area contributed by atoms with E-state index >= 15 is 0 Å². The molecule has 1 heterocycles. The van der Waals surface area contributed by atoms with Gasteiger partial charge in [-0.3, -0.25) is 4.79 Å². The summed E-state index contributed by atoms with van der Waals surface area (Å²) in [6.07, 6.45) is 1.04. The predicted molar refractivity (Wildman–Crippen MR) is 101 cm³/mol. The van der Waals surface area contributed by atoms with Crippen molar-refractivity contribution in [2.24, 2.45) is 5.92 Å². The number of anilines is 1. The zero-order chi connectivity index (χ0) is 17.9. The van der Waals surface area contributed by atoms with Gasteiger partial charge in [-0.1, -0.05) is 34.1 Å². The fraction of sp³-hybridized carbons (Fsp3) is 0.278. The highest BCUT2D eigenvalue weighted by atomic mass is 79.9. The van der Waals surface area contributed by atoms with Crippen LogP contribution in [-0.4, -0.2) is 31.7 Å². The molecule has 1 N–H and O–H groups in total. The molecule has 0 unspecified atom stereocenters. The number of nitrogens with one attached hydrogen (secondary N) is 1. The fourth-order valence-electron chi connectivity index (χ4n) is 2.88. The van der Waals surface area contributed by atoms with Crippen LogP contribution in [0.5, 0.6) is 0 Å². The highest BCUT2D eigenvalue weighted by molar-refractivity contribution is 9.10. The highest BCUT2D eigenvalue weighted by Crippen LogP contribution is 2.25. The van der Waals surface area contributed by atoms with E-state index in [9.17, 15) is 13.2 Å². The average molecular weight is 423 g/mol. The maximum absolute atomic E-state index is 12.6. The smallest absolute Gasteiger partial charge is 0.243 e. The number of rotatable bonds is 4. The number of piperidine rings is 1. The van der Waals surface area contributed by atoms with Crippen LogP contribution in [0.25, 0.3) is 0 Å². The van der Waals surface area contributed by atoms with Gasteiger partial charge >= 0.3 is 0 Å². The molecule has 1 aliphatic rings. The summed E-state index contributed by atoms with van der Waals surface area (Å²) in [6, 6.07) is 15.8. The first kappa shape index (κ1) is 18.1. The summed E-state index contributed by atoms with van der Waals surface area (Å²) in [6.45, 7) is 0.714. The van der Waals surface area contributed by atoms with Gasteiger partial charge in [0.25, 0.3) is 0 Å². The molecule has 132 valence electrons. The Morgan fingerprint density at radius 2 is 1.60 bits per heavy atom. The van der Waals surface area contributed by atoms with Crippen molar-refractivity contribution < 1.29 is 13.2 Å². The van der Waals surface area contributed by atoms with Crippen LogP contribution in [0.4, 0.5) is 5.69 Å². The van der Waals surface area contributed by atoms with E-state index in [4.69, 9.17) is 0 Å². The molecule has 0 aromatic heterocycles. The second-order valence-electron chi connectivity index (χ2n) is 5.99. The molecule has 1 fully saturated rings. The van der Waals surface area contributed by atoms with Crippen molar-refractivity contribution in [3.63, 3.8) is 0 Å². The number of amides is 1. The molecule has 1 amide bonds. The lowest BCUT2D eigenvalue weighted by Crippen LogP contribution is -2.41. The van der Waals surface area contributed by atoms with Crippen molar-refractivity contribution in [1.82, 2.24) is 4.31 Å². The van der Waals surface area contributed by atoms with E-state index in [1.807, 2.05) is 24.3 Å². The van der Waals surface area contributed by atoms with E-state index in [0.717, 1.165) is 10.2 Å². The third-order valence-corrected chi connectivity index (χ3v) is 6.76. The largest absolute Gasteiger partial charge is 0.326 e. The molecular formula is C18H19BrN2O3S. The Labute approximate surface area is 156 Å². The van der Waals surface area contributed by atoms with E-state index in [2.05, 4.69) is 21.2 Å². The van der Waals surface area contributed by atoms with Gasteiger partial charge in [-0.25, -0.2) is 8.42 Å². The molecular weight excluding hydrogens is 404 g/mol. The number of hydrogen-bond acceptors (Lipinski definition) is 3. The molecule has 0 spiro atoms. The number of carbonyl (C=O) groups excluding carboxylic acids is 1. The van der Waals surface area contributed by atoms with Gasteiger partial charge < -0.3 is 5.32 Å². The monoisotopic (exact) mass is 422 g/mol. The summed E-state index contributed by atoms with van der Waals surface area (Å²) in [5.74, 6) is -0.232. The molecule has 0 atom stereocenters. The molecule has 1 saturated heterocycles. The lowest BCUT2D eigenvalue weighted by Gasteiger charge is -2.30.